The Morgan fingerprint density at radius 2 is 1.80 bits per heavy atom. The van der Waals surface area contributed by atoms with E-state index in [1.54, 1.807) is 4.52 Å². The Balaban J connectivity index is 0.972. The van der Waals surface area contributed by atoms with Crippen LogP contribution in [0.4, 0.5) is 5.69 Å². The van der Waals surface area contributed by atoms with Crippen molar-refractivity contribution in [2.24, 2.45) is 23.5 Å². The molecule has 2 amide bonds. The van der Waals surface area contributed by atoms with Gasteiger partial charge in [-0.2, -0.15) is 0 Å². The van der Waals surface area contributed by atoms with Crippen LogP contribution in [0, 0.1) is 24.7 Å². The number of anilines is 1. The topological polar surface area (TPSA) is 109 Å². The van der Waals surface area contributed by atoms with E-state index in [9.17, 15) is 9.59 Å². The van der Waals surface area contributed by atoms with Gasteiger partial charge in [0.05, 0.1) is 11.9 Å². The first-order valence-electron chi connectivity index (χ1n) is 14.8. The Hall–Kier alpha value is -3.46. The summed E-state index contributed by atoms with van der Waals surface area (Å²) in [6.45, 7) is 8.29. The van der Waals surface area contributed by atoms with Crippen LogP contribution in [0.5, 0.6) is 0 Å². The van der Waals surface area contributed by atoms with Gasteiger partial charge in [0.25, 0.3) is 5.91 Å². The summed E-state index contributed by atoms with van der Waals surface area (Å²) in [6, 6.07) is 13.6. The van der Waals surface area contributed by atoms with Gasteiger partial charge in [-0.25, -0.2) is 9.50 Å². The van der Waals surface area contributed by atoms with Gasteiger partial charge in [0.1, 0.15) is 0 Å². The fourth-order valence-electron chi connectivity index (χ4n) is 7.77. The molecule has 4 fully saturated rings. The van der Waals surface area contributed by atoms with Crippen molar-refractivity contribution >= 4 is 23.1 Å². The van der Waals surface area contributed by atoms with Gasteiger partial charge in [0, 0.05) is 49.6 Å². The van der Waals surface area contributed by atoms with Crippen LogP contribution in [0.1, 0.15) is 60.8 Å². The van der Waals surface area contributed by atoms with E-state index in [0.29, 0.717) is 17.9 Å². The van der Waals surface area contributed by atoms with Crippen LogP contribution in [-0.4, -0.2) is 69.6 Å². The summed E-state index contributed by atoms with van der Waals surface area (Å²) in [5, 5.41) is 7.80. The van der Waals surface area contributed by atoms with Crippen LogP contribution in [-0.2, 0) is 10.2 Å². The monoisotopic (exact) mass is 541 g/mol. The molecule has 4 heterocycles. The summed E-state index contributed by atoms with van der Waals surface area (Å²) in [5.41, 5.74) is 9.85. The van der Waals surface area contributed by atoms with Crippen molar-refractivity contribution in [3.63, 3.8) is 0 Å². The number of piperidine rings is 1. The fraction of sp³-hybridized carbons (Fsp3) is 0.548. The third-order valence-electron chi connectivity index (χ3n) is 10.2. The molecule has 7 rings (SSSR count). The number of pyridine rings is 1. The van der Waals surface area contributed by atoms with Gasteiger partial charge in [-0.3, -0.25) is 14.5 Å². The Kier molecular flexibility index (Phi) is 6.11. The third-order valence-corrected chi connectivity index (χ3v) is 10.2. The van der Waals surface area contributed by atoms with E-state index in [-0.39, 0.29) is 35.0 Å². The van der Waals surface area contributed by atoms with E-state index in [1.807, 2.05) is 13.1 Å². The van der Waals surface area contributed by atoms with Gasteiger partial charge >= 0.3 is 0 Å². The standard InChI is InChI=1S/C31H39N7O2/c1-19-14-23(36-13-12-31(2,18-36)20-6-4-3-5-7-20)15-38-29(19)34-28(35-38)30(40)33-21-8-10-22(11-9-21)37-16-24-25(17-37)26(24)27(32)39/h3-7,14-15,21-22,24-26H,8-13,16-18H2,1-2H3,(H2,32,39)(H,33,40)/t21?,22?,24?,25?,26?,31-/m0/s1. The normalized spacial score (nSPS) is 31.9. The number of nitrogens with zero attached hydrogens (tertiary/aromatic N) is 5. The second kappa shape index (κ2) is 9.58. The first kappa shape index (κ1) is 25.5. The zero-order valence-electron chi connectivity index (χ0n) is 23.4. The van der Waals surface area contributed by atoms with Crippen molar-refractivity contribution in [3.05, 3.63) is 59.5 Å². The SMILES string of the molecule is Cc1cc(N2CC[C@](C)(c3ccccc3)C2)cn2nc(C(=O)NC3CCC(N4CC5C(C4)C5C(N)=O)CC3)nc12. The molecular formula is C31H39N7O2. The molecule has 2 saturated carbocycles. The van der Waals surface area contributed by atoms with Crippen LogP contribution < -0.4 is 16.0 Å². The molecule has 4 aliphatic rings. The minimum Gasteiger partial charge on any atom is -0.369 e. The average molecular weight is 542 g/mol. The van der Waals surface area contributed by atoms with Crippen LogP contribution in [0.2, 0.25) is 0 Å². The first-order valence-corrected chi connectivity index (χ1v) is 14.8. The second-order valence-electron chi connectivity index (χ2n) is 12.9. The van der Waals surface area contributed by atoms with Gasteiger partial charge in [0.15, 0.2) is 5.65 Å². The molecule has 40 heavy (non-hydrogen) atoms. The molecule has 3 aromatic rings. The molecule has 210 valence electrons. The smallest absolute Gasteiger partial charge is 0.291 e. The van der Waals surface area contributed by atoms with Crippen LogP contribution in [0.25, 0.3) is 5.65 Å². The average Bonchev–Trinajstić information content (AvgIpc) is 3.34. The maximum Gasteiger partial charge on any atom is 0.291 e. The predicted molar refractivity (Wildman–Crippen MR) is 153 cm³/mol. The Morgan fingerprint density at radius 1 is 1.07 bits per heavy atom. The summed E-state index contributed by atoms with van der Waals surface area (Å²) >= 11 is 0. The molecule has 2 aromatic heterocycles. The number of carbonyl (C=O) groups excluding carboxylic acids is 2. The lowest BCUT2D eigenvalue weighted by Gasteiger charge is -2.35. The number of nitrogens with two attached hydrogens (primary N) is 1. The fourth-order valence-corrected chi connectivity index (χ4v) is 7.77. The third kappa shape index (κ3) is 4.44. The van der Waals surface area contributed by atoms with Crippen molar-refractivity contribution < 1.29 is 9.59 Å². The number of carbonyl (C=O) groups is 2. The van der Waals surface area contributed by atoms with Crippen LogP contribution >= 0.6 is 0 Å². The number of nitrogens with one attached hydrogen (secondary N) is 1. The van der Waals surface area contributed by atoms with Crippen molar-refractivity contribution in [1.29, 1.82) is 0 Å². The Labute approximate surface area is 235 Å². The highest BCUT2D eigenvalue weighted by Crippen LogP contribution is 2.52. The lowest BCUT2D eigenvalue weighted by molar-refractivity contribution is -0.120. The maximum atomic E-state index is 13.1. The molecule has 9 heteroatoms. The Bertz CT molecular complexity index is 1430. The van der Waals surface area contributed by atoms with E-state index in [0.717, 1.165) is 75.2 Å². The number of hydrogen-bond acceptors (Lipinski definition) is 6. The van der Waals surface area contributed by atoms with Gasteiger partial charge in [0.2, 0.25) is 11.7 Å². The zero-order chi connectivity index (χ0) is 27.6. The molecule has 2 unspecified atom stereocenters. The minimum atomic E-state index is -0.197. The number of rotatable bonds is 6. The maximum absolute atomic E-state index is 13.1. The molecular weight excluding hydrogens is 502 g/mol. The second-order valence-corrected chi connectivity index (χ2v) is 12.9. The van der Waals surface area contributed by atoms with Gasteiger partial charge in [-0.05, 0) is 68.1 Å². The molecule has 0 bridgehead atoms. The molecule has 2 aliphatic carbocycles. The number of benzene rings is 1. The number of fused-ring (bicyclic) bond motifs is 2. The summed E-state index contributed by atoms with van der Waals surface area (Å²) in [5.74, 6) is 0.954. The number of hydrogen-bond donors (Lipinski definition) is 2. The molecule has 2 aliphatic heterocycles. The number of aryl methyl sites for hydroxylation is 1. The van der Waals surface area contributed by atoms with Crippen molar-refractivity contribution in [3.8, 4) is 0 Å². The quantitative estimate of drug-likeness (QED) is 0.497. The van der Waals surface area contributed by atoms with E-state index >= 15 is 0 Å². The van der Waals surface area contributed by atoms with E-state index < -0.39 is 0 Å². The highest BCUT2D eigenvalue weighted by Gasteiger charge is 2.59. The lowest BCUT2D eigenvalue weighted by Crippen LogP contribution is -2.44. The lowest BCUT2D eigenvalue weighted by atomic mass is 9.82. The molecule has 0 radical (unpaired) electrons. The summed E-state index contributed by atoms with van der Waals surface area (Å²) in [6.07, 6.45) is 7.13. The molecule has 3 N–H and O–H groups in total. The van der Waals surface area contributed by atoms with E-state index in [2.05, 4.69) is 68.5 Å². The summed E-state index contributed by atoms with van der Waals surface area (Å²) in [7, 11) is 0. The van der Waals surface area contributed by atoms with Crippen molar-refractivity contribution in [1.82, 2.24) is 24.8 Å². The van der Waals surface area contributed by atoms with E-state index in [4.69, 9.17) is 5.73 Å². The minimum absolute atomic E-state index is 0.106. The van der Waals surface area contributed by atoms with Gasteiger partial charge in [-0.15, -0.1) is 5.10 Å². The molecule has 3 atom stereocenters. The number of likely N-dealkylation sites (tertiary alicyclic amines) is 1. The van der Waals surface area contributed by atoms with E-state index in [1.165, 1.54) is 5.56 Å². The molecule has 2 saturated heterocycles. The van der Waals surface area contributed by atoms with Crippen LogP contribution in [0.15, 0.2) is 42.6 Å². The van der Waals surface area contributed by atoms with Crippen LogP contribution in [0.3, 0.4) is 0 Å². The first-order chi connectivity index (χ1) is 19.3. The molecule has 1 aromatic carbocycles. The van der Waals surface area contributed by atoms with Crippen molar-refractivity contribution in [2.45, 2.75) is 63.5 Å². The summed E-state index contributed by atoms with van der Waals surface area (Å²) < 4.78 is 1.77. The number of aromatic nitrogens is 3. The van der Waals surface area contributed by atoms with Crippen molar-refractivity contribution in [2.75, 3.05) is 31.1 Å². The highest BCUT2D eigenvalue weighted by molar-refractivity contribution is 5.91. The molecule has 0 spiro atoms. The molecule has 9 nitrogen and oxygen atoms in total. The number of amides is 2. The van der Waals surface area contributed by atoms with Gasteiger partial charge in [-0.1, -0.05) is 37.3 Å². The van der Waals surface area contributed by atoms with Gasteiger partial charge < -0.3 is 16.0 Å². The highest BCUT2D eigenvalue weighted by atomic mass is 16.2. The Morgan fingerprint density at radius 3 is 2.50 bits per heavy atom. The predicted octanol–water partition coefficient (Wildman–Crippen LogP) is 2.91. The zero-order valence-corrected chi connectivity index (χ0v) is 23.4. The summed E-state index contributed by atoms with van der Waals surface area (Å²) in [4.78, 5) is 34.2. The largest absolute Gasteiger partial charge is 0.369 e. The number of primary amides is 1.